The molecular formula is C35H43N7O5. The molecule has 2 atom stereocenters. The highest BCUT2D eigenvalue weighted by Gasteiger charge is 2.35. The van der Waals surface area contributed by atoms with Gasteiger partial charge in [-0.3, -0.25) is 14.4 Å². The molecule has 1 N–H and O–H groups in total. The van der Waals surface area contributed by atoms with Gasteiger partial charge in [0.1, 0.15) is 11.5 Å². The molecule has 4 bridgehead atoms. The molecule has 0 spiro atoms. The second-order valence-electron chi connectivity index (χ2n) is 12.7. The summed E-state index contributed by atoms with van der Waals surface area (Å²) in [5, 5.41) is 3.07. The highest BCUT2D eigenvalue weighted by atomic mass is 16.5. The van der Waals surface area contributed by atoms with Gasteiger partial charge in [0.15, 0.2) is 0 Å². The molecule has 6 rings (SSSR count). The van der Waals surface area contributed by atoms with Gasteiger partial charge >= 0.3 is 0 Å². The Morgan fingerprint density at radius 3 is 2.40 bits per heavy atom. The second-order valence-corrected chi connectivity index (χ2v) is 12.7. The first-order valence-electron chi connectivity index (χ1n) is 16.3. The zero-order valence-corrected chi connectivity index (χ0v) is 27.4. The molecule has 3 amide bonds. The number of hydrogen-bond donors (Lipinski definition) is 1. The molecule has 2 fully saturated rings. The number of hydrogen-bond acceptors (Lipinski definition) is 9. The summed E-state index contributed by atoms with van der Waals surface area (Å²) in [5.74, 6) is 1.39. The number of carbonyl (C=O) groups excluding carboxylic acids is 3. The number of likely N-dealkylation sites (tertiary alicyclic amines) is 1. The third kappa shape index (κ3) is 8.06. The molecule has 12 nitrogen and oxygen atoms in total. The highest BCUT2D eigenvalue weighted by molar-refractivity contribution is 5.95. The number of rotatable bonds is 2. The van der Waals surface area contributed by atoms with Crippen LogP contribution >= 0.6 is 0 Å². The van der Waals surface area contributed by atoms with Gasteiger partial charge in [0, 0.05) is 58.9 Å². The molecule has 0 unspecified atom stereocenters. The van der Waals surface area contributed by atoms with Crippen LogP contribution in [0.2, 0.25) is 0 Å². The minimum Gasteiger partial charge on any atom is -0.457 e. The number of anilines is 1. The Morgan fingerprint density at radius 1 is 0.936 bits per heavy atom. The van der Waals surface area contributed by atoms with E-state index in [4.69, 9.17) is 9.47 Å². The van der Waals surface area contributed by atoms with E-state index in [1.54, 1.807) is 18.1 Å². The lowest BCUT2D eigenvalue weighted by molar-refractivity contribution is -0.135. The molecule has 3 aromatic rings. The van der Waals surface area contributed by atoms with Gasteiger partial charge in [0.25, 0.3) is 5.91 Å². The summed E-state index contributed by atoms with van der Waals surface area (Å²) < 4.78 is 12.5. The summed E-state index contributed by atoms with van der Waals surface area (Å²) in [5.41, 5.74) is 2.97. The van der Waals surface area contributed by atoms with Crippen molar-refractivity contribution in [3.05, 3.63) is 77.1 Å². The van der Waals surface area contributed by atoms with Gasteiger partial charge in [-0.15, -0.1) is 0 Å². The van der Waals surface area contributed by atoms with Crippen molar-refractivity contribution >= 4 is 23.7 Å². The van der Waals surface area contributed by atoms with Crippen molar-refractivity contribution in [2.45, 2.75) is 44.9 Å². The average Bonchev–Trinajstić information content (AvgIpc) is 3.06. The van der Waals surface area contributed by atoms with Crippen LogP contribution in [0, 0.1) is 6.92 Å². The molecule has 1 aromatic heterocycles. The molecule has 2 saturated heterocycles. The fraction of sp³-hybridized carbons (Fsp3) is 0.457. The highest BCUT2D eigenvalue weighted by Crippen LogP contribution is 2.26. The number of fused-ring (bicyclic) bond motifs is 5. The molecule has 248 valence electrons. The maximum Gasteiger partial charge on any atom is 0.257 e. The van der Waals surface area contributed by atoms with Crippen molar-refractivity contribution in [3.8, 4) is 11.5 Å². The van der Waals surface area contributed by atoms with Crippen LogP contribution in [0.3, 0.4) is 0 Å². The topological polar surface area (TPSA) is 120 Å². The first kappa shape index (κ1) is 32.4. The fourth-order valence-corrected chi connectivity index (χ4v) is 6.25. The van der Waals surface area contributed by atoms with Crippen molar-refractivity contribution in [1.29, 1.82) is 0 Å². The number of nitrogens with zero attached hydrogens (tertiary/aromatic N) is 6. The van der Waals surface area contributed by atoms with E-state index in [9.17, 15) is 14.4 Å². The monoisotopic (exact) mass is 641 g/mol. The Bertz CT molecular complexity index is 1610. The van der Waals surface area contributed by atoms with E-state index in [0.717, 1.165) is 37.3 Å². The molecule has 0 aliphatic carbocycles. The van der Waals surface area contributed by atoms with Crippen molar-refractivity contribution in [3.63, 3.8) is 0 Å². The Labute approximate surface area is 275 Å². The van der Waals surface area contributed by atoms with Crippen LogP contribution in [0.1, 0.15) is 40.0 Å². The minimum absolute atomic E-state index is 0.0953. The largest absolute Gasteiger partial charge is 0.457 e. The maximum absolute atomic E-state index is 13.8. The summed E-state index contributed by atoms with van der Waals surface area (Å²) >= 11 is 0. The van der Waals surface area contributed by atoms with Crippen LogP contribution in [0.5, 0.6) is 11.5 Å². The van der Waals surface area contributed by atoms with E-state index in [-0.39, 0.29) is 43.3 Å². The minimum atomic E-state index is -0.479. The lowest BCUT2D eigenvalue weighted by Gasteiger charge is -2.39. The van der Waals surface area contributed by atoms with Gasteiger partial charge in [-0.25, -0.2) is 9.97 Å². The Hall–Kier alpha value is -4.55. The number of piperazine rings is 1. The zero-order valence-electron chi connectivity index (χ0n) is 27.4. The third-order valence-electron chi connectivity index (χ3n) is 9.10. The predicted octanol–water partition coefficient (Wildman–Crippen LogP) is 2.65. The van der Waals surface area contributed by atoms with Crippen LogP contribution < -0.4 is 15.0 Å². The lowest BCUT2D eigenvalue weighted by Crippen LogP contribution is -2.58. The van der Waals surface area contributed by atoms with E-state index >= 15 is 0 Å². The van der Waals surface area contributed by atoms with Gasteiger partial charge in [-0.1, -0.05) is 24.3 Å². The zero-order chi connectivity index (χ0) is 32.9. The number of ether oxygens (including phenoxy) is 2. The SMILES string of the molecule is Cc1nc(N2CCN(C)CC2)ncc1C(=O)N1CC[C@H]2OCc3cccc(c3)Oc3cccc(c3)CCC(=O)N(C)CC(=O)N[C@H]2C1. The Balaban J connectivity index is 1.19. The van der Waals surface area contributed by atoms with Crippen molar-refractivity contribution in [2.24, 2.45) is 0 Å². The second kappa shape index (κ2) is 14.5. The van der Waals surface area contributed by atoms with E-state index in [0.29, 0.717) is 54.7 Å². The van der Waals surface area contributed by atoms with Gasteiger partial charge in [0.2, 0.25) is 17.8 Å². The molecule has 12 heteroatoms. The lowest BCUT2D eigenvalue weighted by atomic mass is 10.0. The molecule has 0 radical (unpaired) electrons. The van der Waals surface area contributed by atoms with E-state index in [1.165, 1.54) is 4.90 Å². The van der Waals surface area contributed by atoms with E-state index < -0.39 is 6.04 Å². The summed E-state index contributed by atoms with van der Waals surface area (Å²) in [7, 11) is 3.73. The Kier molecular flexibility index (Phi) is 9.98. The van der Waals surface area contributed by atoms with Crippen LogP contribution in [0.25, 0.3) is 0 Å². The van der Waals surface area contributed by atoms with Gasteiger partial charge < -0.3 is 34.4 Å². The third-order valence-corrected chi connectivity index (χ3v) is 9.10. The van der Waals surface area contributed by atoms with E-state index in [1.807, 2.05) is 55.5 Å². The standard InChI is InChI=1S/C35H43N7O5/c1-24-29(20-36-35(37-24)41-16-14-39(2)15-17-41)34(45)42-13-12-31-30(21-42)38-32(43)22-40(3)33(44)11-10-25-6-4-8-27(18-25)47-28-9-5-7-26(19-28)23-46-31/h4-9,18-20,30-31H,10-17,21-23H2,1-3H3,(H,38,43)/t30-,31+/m0/s1. The number of piperidine rings is 1. The molecule has 47 heavy (non-hydrogen) atoms. The van der Waals surface area contributed by atoms with Crippen molar-refractivity contribution in [2.75, 3.05) is 64.8 Å². The summed E-state index contributed by atoms with van der Waals surface area (Å²) in [6, 6.07) is 14.9. The normalized spacial score (nSPS) is 21.6. The molecule has 3 aliphatic heterocycles. The predicted molar refractivity (Wildman–Crippen MR) is 176 cm³/mol. The fourth-order valence-electron chi connectivity index (χ4n) is 6.25. The smallest absolute Gasteiger partial charge is 0.257 e. The Morgan fingerprint density at radius 2 is 1.66 bits per heavy atom. The van der Waals surface area contributed by atoms with Crippen molar-refractivity contribution in [1.82, 2.24) is 30.0 Å². The molecule has 4 heterocycles. The molecule has 0 saturated carbocycles. The first-order chi connectivity index (χ1) is 22.7. The average molecular weight is 642 g/mol. The van der Waals surface area contributed by atoms with Gasteiger partial charge in [-0.2, -0.15) is 0 Å². The first-order valence-corrected chi connectivity index (χ1v) is 16.3. The summed E-state index contributed by atoms with van der Waals surface area (Å²) in [6.45, 7) is 6.30. The quantitative estimate of drug-likeness (QED) is 0.451. The molecular weight excluding hydrogens is 598 g/mol. The summed E-state index contributed by atoms with van der Waals surface area (Å²) in [6.07, 6.45) is 2.58. The van der Waals surface area contributed by atoms with Crippen molar-refractivity contribution < 1.29 is 23.9 Å². The number of carbonyl (C=O) groups is 3. The van der Waals surface area contributed by atoms with Crippen LogP contribution in [-0.2, 0) is 27.4 Å². The number of nitrogens with one attached hydrogen (secondary N) is 1. The van der Waals surface area contributed by atoms with Crippen LogP contribution in [0.15, 0.2) is 54.7 Å². The van der Waals surface area contributed by atoms with Gasteiger partial charge in [0.05, 0.1) is 36.6 Å². The maximum atomic E-state index is 13.8. The van der Waals surface area contributed by atoms with Crippen LogP contribution in [0.4, 0.5) is 5.95 Å². The van der Waals surface area contributed by atoms with E-state index in [2.05, 4.69) is 32.1 Å². The number of aryl methyl sites for hydroxylation is 2. The van der Waals surface area contributed by atoms with Gasteiger partial charge in [-0.05, 0) is 62.2 Å². The molecule has 3 aliphatic rings. The number of benzene rings is 2. The number of likely N-dealkylation sites (N-methyl/N-ethyl adjacent to an activating group) is 2. The van der Waals surface area contributed by atoms with Crippen LogP contribution in [-0.4, -0.2) is 114 Å². The number of amides is 3. The number of aromatic nitrogens is 2. The summed E-state index contributed by atoms with van der Waals surface area (Å²) in [4.78, 5) is 56.8. The molecule has 2 aromatic carbocycles.